The monoisotopic (exact) mass is 396 g/mol. The molecule has 2 atom stereocenters. The van der Waals surface area contributed by atoms with E-state index in [1.807, 2.05) is 4.90 Å². The minimum atomic E-state index is -0.553. The van der Waals surface area contributed by atoms with Gasteiger partial charge in [-0.3, -0.25) is 9.69 Å². The smallest absolute Gasteiger partial charge is 0.257 e. The molecule has 0 N–H and O–H groups in total. The molecule has 3 nitrogen and oxygen atoms in total. The van der Waals surface area contributed by atoms with Crippen LogP contribution in [0.4, 0.5) is 14.5 Å². The molecule has 25 heavy (non-hydrogen) atoms. The quantitative estimate of drug-likeness (QED) is 0.703. The summed E-state index contributed by atoms with van der Waals surface area (Å²) in [5.74, 6) is -0.453. The van der Waals surface area contributed by atoms with Crippen LogP contribution < -0.4 is 4.90 Å². The van der Waals surface area contributed by atoms with Crippen LogP contribution in [0.5, 0.6) is 0 Å². The molecular formula is C17H11ClF2N2OS2. The molecule has 128 valence electrons. The Morgan fingerprint density at radius 3 is 2.56 bits per heavy atom. The fraction of sp³-hybridized carbons (Fsp3) is 0.176. The number of hydrogen-bond donors (Lipinski definition) is 0. The number of anilines is 1. The molecule has 2 fully saturated rings. The molecule has 2 aliphatic heterocycles. The Bertz CT molecular complexity index is 877. The molecule has 2 aromatic carbocycles. The molecule has 0 aliphatic carbocycles. The summed E-state index contributed by atoms with van der Waals surface area (Å²) >= 11 is 12.9. The van der Waals surface area contributed by atoms with Crippen LogP contribution in [-0.4, -0.2) is 27.7 Å². The van der Waals surface area contributed by atoms with Gasteiger partial charge in [0.2, 0.25) is 0 Å². The average molecular weight is 397 g/mol. The van der Waals surface area contributed by atoms with Crippen LogP contribution >= 0.6 is 35.6 Å². The van der Waals surface area contributed by atoms with Gasteiger partial charge in [0.15, 0.2) is 5.11 Å². The van der Waals surface area contributed by atoms with Crippen LogP contribution in [0.25, 0.3) is 0 Å². The molecule has 0 spiro atoms. The molecule has 2 unspecified atom stereocenters. The van der Waals surface area contributed by atoms with Crippen molar-refractivity contribution in [3.63, 3.8) is 0 Å². The van der Waals surface area contributed by atoms with E-state index in [4.69, 9.17) is 23.8 Å². The van der Waals surface area contributed by atoms with Crippen LogP contribution in [-0.2, 0) is 4.79 Å². The minimum Gasteiger partial charge on any atom is -0.319 e. The Morgan fingerprint density at radius 2 is 1.88 bits per heavy atom. The molecule has 2 aromatic rings. The van der Waals surface area contributed by atoms with E-state index < -0.39 is 11.9 Å². The maximum Gasteiger partial charge on any atom is 0.257 e. The Labute approximate surface area is 157 Å². The molecule has 4 rings (SSSR count). The predicted molar refractivity (Wildman–Crippen MR) is 98.7 cm³/mol. The number of amides is 1. The first kappa shape index (κ1) is 16.8. The normalized spacial score (nSPS) is 22.7. The number of hydrogen-bond acceptors (Lipinski definition) is 3. The number of fused-ring (bicyclic) bond motifs is 1. The van der Waals surface area contributed by atoms with Crippen LogP contribution in [0.2, 0.25) is 5.02 Å². The van der Waals surface area contributed by atoms with E-state index in [0.29, 0.717) is 16.6 Å². The molecule has 0 radical (unpaired) electrons. The second-order valence-corrected chi connectivity index (χ2v) is 7.60. The third kappa shape index (κ3) is 2.70. The van der Waals surface area contributed by atoms with Gasteiger partial charge in [-0.2, -0.15) is 0 Å². The lowest BCUT2D eigenvalue weighted by molar-refractivity contribution is -0.119. The summed E-state index contributed by atoms with van der Waals surface area (Å²) < 4.78 is 26.6. The summed E-state index contributed by atoms with van der Waals surface area (Å²) in [5.41, 5.74) is 1.32. The first-order valence-corrected chi connectivity index (χ1v) is 9.29. The third-order valence-corrected chi connectivity index (χ3v) is 6.24. The van der Waals surface area contributed by atoms with E-state index in [-0.39, 0.29) is 22.1 Å². The number of thiocarbonyl (C=S) groups is 1. The van der Waals surface area contributed by atoms with Gasteiger partial charge in [0, 0.05) is 5.75 Å². The van der Waals surface area contributed by atoms with Crippen LogP contribution in [0.15, 0.2) is 42.5 Å². The van der Waals surface area contributed by atoms with Crippen molar-refractivity contribution in [2.24, 2.45) is 0 Å². The molecule has 0 aromatic heterocycles. The zero-order valence-electron chi connectivity index (χ0n) is 12.7. The predicted octanol–water partition coefficient (Wildman–Crippen LogP) is 4.37. The Kier molecular flexibility index (Phi) is 4.17. The summed E-state index contributed by atoms with van der Waals surface area (Å²) in [6, 6.07) is 9.86. The summed E-state index contributed by atoms with van der Waals surface area (Å²) in [6.45, 7) is 0. The van der Waals surface area contributed by atoms with Gasteiger partial charge >= 0.3 is 0 Å². The van der Waals surface area contributed by atoms with Gasteiger partial charge < -0.3 is 4.90 Å². The number of benzene rings is 2. The zero-order valence-corrected chi connectivity index (χ0v) is 15.0. The largest absolute Gasteiger partial charge is 0.319 e. The Morgan fingerprint density at radius 1 is 1.16 bits per heavy atom. The number of carbonyl (C=O) groups excluding carboxylic acids is 1. The van der Waals surface area contributed by atoms with Gasteiger partial charge in [-0.05, 0) is 48.1 Å². The first-order valence-electron chi connectivity index (χ1n) is 7.46. The van der Waals surface area contributed by atoms with Gasteiger partial charge in [-0.15, -0.1) is 11.8 Å². The molecule has 2 saturated heterocycles. The fourth-order valence-electron chi connectivity index (χ4n) is 3.04. The Hall–Kier alpha value is -1.70. The van der Waals surface area contributed by atoms with Crippen LogP contribution in [0, 0.1) is 11.6 Å². The lowest BCUT2D eigenvalue weighted by Gasteiger charge is -2.25. The van der Waals surface area contributed by atoms with Crippen molar-refractivity contribution < 1.29 is 13.6 Å². The molecular weight excluding hydrogens is 386 g/mol. The fourth-order valence-corrected chi connectivity index (χ4v) is 5.13. The maximum atomic E-state index is 13.4. The number of thioether (sulfide) groups is 1. The highest BCUT2D eigenvalue weighted by Crippen LogP contribution is 2.46. The van der Waals surface area contributed by atoms with Crippen molar-refractivity contribution in [3.05, 3.63) is 64.7 Å². The number of halogens is 3. The number of nitrogens with zero attached hydrogens (tertiary/aromatic N) is 2. The second kappa shape index (κ2) is 6.23. The highest BCUT2D eigenvalue weighted by Gasteiger charge is 2.50. The van der Waals surface area contributed by atoms with Crippen molar-refractivity contribution in [2.45, 2.75) is 11.4 Å². The lowest BCUT2D eigenvalue weighted by Crippen LogP contribution is -2.33. The molecule has 2 aliphatic rings. The third-order valence-electron chi connectivity index (χ3n) is 4.23. The number of carbonyl (C=O) groups is 1. The van der Waals surface area contributed by atoms with Gasteiger partial charge in [-0.1, -0.05) is 23.7 Å². The average Bonchev–Trinajstić information content (AvgIpc) is 3.12. The highest BCUT2D eigenvalue weighted by molar-refractivity contribution is 7.99. The van der Waals surface area contributed by atoms with Crippen LogP contribution in [0.3, 0.4) is 0 Å². The van der Waals surface area contributed by atoms with Gasteiger partial charge in [-0.25, -0.2) is 8.78 Å². The van der Waals surface area contributed by atoms with Crippen molar-refractivity contribution in [1.82, 2.24) is 4.90 Å². The van der Waals surface area contributed by atoms with E-state index >= 15 is 0 Å². The summed E-state index contributed by atoms with van der Waals surface area (Å²) in [6.07, 6.45) is 0. The minimum absolute atomic E-state index is 0.0652. The van der Waals surface area contributed by atoms with Crippen molar-refractivity contribution in [1.29, 1.82) is 0 Å². The zero-order chi connectivity index (χ0) is 17.7. The SMILES string of the molecule is O=C1C2CSC(c3ccc(F)cc3)N2C(=S)N1c1ccc(F)c(Cl)c1. The van der Waals surface area contributed by atoms with Gasteiger partial charge in [0.25, 0.3) is 5.91 Å². The summed E-state index contributed by atoms with van der Waals surface area (Å²) in [4.78, 5) is 16.1. The first-order chi connectivity index (χ1) is 12.0. The molecule has 2 heterocycles. The van der Waals surface area contributed by atoms with E-state index in [2.05, 4.69) is 0 Å². The van der Waals surface area contributed by atoms with Gasteiger partial charge in [0.1, 0.15) is 23.1 Å². The maximum absolute atomic E-state index is 13.4. The van der Waals surface area contributed by atoms with E-state index in [9.17, 15) is 13.6 Å². The van der Waals surface area contributed by atoms with Crippen LogP contribution in [0.1, 0.15) is 10.9 Å². The van der Waals surface area contributed by atoms with E-state index in [0.717, 1.165) is 5.56 Å². The second-order valence-electron chi connectivity index (χ2n) is 5.71. The van der Waals surface area contributed by atoms with Gasteiger partial charge in [0.05, 0.1) is 10.7 Å². The van der Waals surface area contributed by atoms with Crippen molar-refractivity contribution >= 4 is 52.3 Å². The molecule has 8 heteroatoms. The van der Waals surface area contributed by atoms with E-state index in [1.54, 1.807) is 23.9 Å². The Balaban J connectivity index is 1.68. The van der Waals surface area contributed by atoms with E-state index in [1.165, 1.54) is 35.2 Å². The summed E-state index contributed by atoms with van der Waals surface area (Å²) in [5, 5.41) is 0.115. The van der Waals surface area contributed by atoms with Crippen molar-refractivity contribution in [2.75, 3.05) is 10.7 Å². The lowest BCUT2D eigenvalue weighted by atomic mass is 10.2. The standard InChI is InChI=1S/C17H11ClF2N2OS2/c18-12-7-11(5-6-13(12)20)21-15(23)14-8-25-16(22(14)17(21)24)9-1-3-10(19)4-2-9/h1-7,14,16H,8H2. The molecule has 0 saturated carbocycles. The topological polar surface area (TPSA) is 23.6 Å². The molecule has 1 amide bonds. The van der Waals surface area contributed by atoms with Crippen molar-refractivity contribution in [3.8, 4) is 0 Å². The number of rotatable bonds is 2. The highest BCUT2D eigenvalue weighted by atomic mass is 35.5. The summed E-state index contributed by atoms with van der Waals surface area (Å²) in [7, 11) is 0. The molecule has 0 bridgehead atoms.